The van der Waals surface area contributed by atoms with Gasteiger partial charge in [0.15, 0.2) is 0 Å². The number of aryl methyl sites for hydroxylation is 2. The van der Waals surface area contributed by atoms with E-state index in [-0.39, 0.29) is 17.9 Å². The van der Waals surface area contributed by atoms with Gasteiger partial charge in [0.05, 0.1) is 7.11 Å². The Morgan fingerprint density at radius 2 is 2.00 bits per heavy atom. The summed E-state index contributed by atoms with van der Waals surface area (Å²) in [4.78, 5) is 25.6. The molecule has 1 aliphatic heterocycles. The molecule has 4 heteroatoms. The summed E-state index contributed by atoms with van der Waals surface area (Å²) in [6.45, 7) is 2.73. The highest BCUT2D eigenvalue weighted by Crippen LogP contribution is 2.20. The van der Waals surface area contributed by atoms with Crippen LogP contribution in [0.4, 0.5) is 0 Å². The maximum absolute atomic E-state index is 12.2. The molecule has 114 valence electrons. The molecule has 1 saturated heterocycles. The highest BCUT2D eigenvalue weighted by molar-refractivity contribution is 5.85. The predicted octanol–water partition coefficient (Wildman–Crippen LogP) is 2.48. The van der Waals surface area contributed by atoms with Crippen LogP contribution in [0.2, 0.25) is 0 Å². The third-order valence-corrected chi connectivity index (χ3v) is 4.02. The Hall–Kier alpha value is -1.84. The summed E-state index contributed by atoms with van der Waals surface area (Å²) in [6, 6.07) is 8.01. The zero-order valence-corrected chi connectivity index (χ0v) is 12.8. The third-order valence-electron chi connectivity index (χ3n) is 4.02. The topological polar surface area (TPSA) is 46.6 Å². The van der Waals surface area contributed by atoms with Crippen molar-refractivity contribution in [3.8, 4) is 0 Å². The molecule has 0 aliphatic carbocycles. The lowest BCUT2D eigenvalue weighted by Crippen LogP contribution is -2.41. The lowest BCUT2D eigenvalue weighted by molar-refractivity contribution is -0.151. The van der Waals surface area contributed by atoms with E-state index in [1.807, 2.05) is 0 Å². The number of carbonyl (C=O) groups excluding carboxylic acids is 2. The second-order valence-corrected chi connectivity index (χ2v) is 5.61. The van der Waals surface area contributed by atoms with Crippen molar-refractivity contribution in [1.29, 1.82) is 0 Å². The number of hydrogen-bond acceptors (Lipinski definition) is 3. The standard InChI is InChI=1S/C17H23NO3/c1-13-8-10-14(11-9-13)5-3-7-16(19)18-12-4-6-15(18)17(20)21-2/h8-11,15H,3-7,12H2,1-2H3. The first-order chi connectivity index (χ1) is 10.1. The molecular formula is C17H23NO3. The van der Waals surface area contributed by atoms with E-state index in [9.17, 15) is 9.59 Å². The molecule has 0 saturated carbocycles. The fraction of sp³-hybridized carbons (Fsp3) is 0.529. The van der Waals surface area contributed by atoms with E-state index in [0.717, 1.165) is 25.7 Å². The van der Waals surface area contributed by atoms with Gasteiger partial charge in [-0.05, 0) is 38.2 Å². The summed E-state index contributed by atoms with van der Waals surface area (Å²) in [7, 11) is 1.38. The summed E-state index contributed by atoms with van der Waals surface area (Å²) in [6.07, 6.45) is 3.79. The highest BCUT2D eigenvalue weighted by atomic mass is 16.5. The SMILES string of the molecule is COC(=O)C1CCCN1C(=O)CCCc1ccc(C)cc1. The molecule has 0 spiro atoms. The van der Waals surface area contributed by atoms with E-state index >= 15 is 0 Å². The number of benzene rings is 1. The lowest BCUT2D eigenvalue weighted by Gasteiger charge is -2.22. The van der Waals surface area contributed by atoms with Crippen LogP contribution in [0, 0.1) is 6.92 Å². The Bertz CT molecular complexity index is 495. The molecule has 1 aromatic carbocycles. The van der Waals surface area contributed by atoms with Gasteiger partial charge in [-0.15, -0.1) is 0 Å². The van der Waals surface area contributed by atoms with Gasteiger partial charge >= 0.3 is 5.97 Å². The van der Waals surface area contributed by atoms with Gasteiger partial charge in [0.1, 0.15) is 6.04 Å². The number of nitrogens with zero attached hydrogens (tertiary/aromatic N) is 1. The van der Waals surface area contributed by atoms with E-state index in [1.165, 1.54) is 18.2 Å². The number of likely N-dealkylation sites (tertiary alicyclic amines) is 1. The molecule has 1 aliphatic rings. The molecule has 1 atom stereocenters. The van der Waals surface area contributed by atoms with Crippen LogP contribution in [0.25, 0.3) is 0 Å². The van der Waals surface area contributed by atoms with Crippen LogP contribution in [0.3, 0.4) is 0 Å². The van der Waals surface area contributed by atoms with Gasteiger partial charge in [-0.3, -0.25) is 4.79 Å². The van der Waals surface area contributed by atoms with Crippen molar-refractivity contribution in [2.75, 3.05) is 13.7 Å². The van der Waals surface area contributed by atoms with Crippen LogP contribution in [0.5, 0.6) is 0 Å². The maximum atomic E-state index is 12.2. The van der Waals surface area contributed by atoms with E-state index in [0.29, 0.717) is 13.0 Å². The first-order valence-electron chi connectivity index (χ1n) is 7.54. The van der Waals surface area contributed by atoms with E-state index < -0.39 is 0 Å². The van der Waals surface area contributed by atoms with Gasteiger partial charge in [-0.2, -0.15) is 0 Å². The molecular weight excluding hydrogens is 266 g/mol. The van der Waals surface area contributed by atoms with Crippen LogP contribution < -0.4 is 0 Å². The van der Waals surface area contributed by atoms with Gasteiger partial charge in [-0.1, -0.05) is 29.8 Å². The summed E-state index contributed by atoms with van der Waals surface area (Å²) < 4.78 is 4.77. The van der Waals surface area contributed by atoms with E-state index in [1.54, 1.807) is 4.90 Å². The van der Waals surface area contributed by atoms with Crippen LogP contribution in [0.1, 0.15) is 36.8 Å². The molecule has 1 fully saturated rings. The molecule has 0 bridgehead atoms. The average Bonchev–Trinajstić information content (AvgIpc) is 2.98. The van der Waals surface area contributed by atoms with Crippen molar-refractivity contribution in [1.82, 2.24) is 4.90 Å². The van der Waals surface area contributed by atoms with Gasteiger partial charge in [-0.25, -0.2) is 4.79 Å². The molecule has 4 nitrogen and oxygen atoms in total. The number of hydrogen-bond donors (Lipinski definition) is 0. The Morgan fingerprint density at radius 1 is 1.29 bits per heavy atom. The van der Waals surface area contributed by atoms with Crippen molar-refractivity contribution >= 4 is 11.9 Å². The average molecular weight is 289 g/mol. The zero-order chi connectivity index (χ0) is 15.2. The summed E-state index contributed by atoms with van der Waals surface area (Å²) in [5, 5.41) is 0. The Kier molecular flexibility index (Phi) is 5.37. The molecule has 1 unspecified atom stereocenters. The second-order valence-electron chi connectivity index (χ2n) is 5.61. The van der Waals surface area contributed by atoms with Crippen molar-refractivity contribution in [3.05, 3.63) is 35.4 Å². The zero-order valence-electron chi connectivity index (χ0n) is 12.8. The quantitative estimate of drug-likeness (QED) is 0.782. The highest BCUT2D eigenvalue weighted by Gasteiger charge is 2.34. The van der Waals surface area contributed by atoms with Crippen molar-refractivity contribution in [2.45, 2.75) is 45.1 Å². The van der Waals surface area contributed by atoms with Gasteiger partial charge in [0.2, 0.25) is 5.91 Å². The molecule has 1 amide bonds. The van der Waals surface area contributed by atoms with Gasteiger partial charge in [0.25, 0.3) is 0 Å². The minimum Gasteiger partial charge on any atom is -0.467 e. The Morgan fingerprint density at radius 3 is 2.67 bits per heavy atom. The first-order valence-corrected chi connectivity index (χ1v) is 7.54. The third kappa shape index (κ3) is 4.06. The Balaban J connectivity index is 1.81. The monoisotopic (exact) mass is 289 g/mol. The number of methoxy groups -OCH3 is 1. The number of carbonyl (C=O) groups is 2. The molecule has 0 N–H and O–H groups in total. The number of esters is 1. The maximum Gasteiger partial charge on any atom is 0.328 e. The fourth-order valence-electron chi connectivity index (χ4n) is 2.79. The van der Waals surface area contributed by atoms with Crippen LogP contribution >= 0.6 is 0 Å². The van der Waals surface area contributed by atoms with Crippen LogP contribution in [-0.2, 0) is 20.7 Å². The minimum absolute atomic E-state index is 0.0648. The first kappa shape index (κ1) is 15.5. The normalized spacial score (nSPS) is 17.8. The fourth-order valence-corrected chi connectivity index (χ4v) is 2.79. The van der Waals surface area contributed by atoms with Crippen molar-refractivity contribution in [3.63, 3.8) is 0 Å². The van der Waals surface area contributed by atoms with Crippen LogP contribution in [0.15, 0.2) is 24.3 Å². The number of amides is 1. The van der Waals surface area contributed by atoms with Gasteiger partial charge < -0.3 is 9.64 Å². The molecule has 0 aromatic heterocycles. The summed E-state index contributed by atoms with van der Waals surface area (Å²) in [5.41, 5.74) is 2.49. The number of ether oxygens (including phenoxy) is 1. The van der Waals surface area contributed by atoms with Gasteiger partial charge in [0, 0.05) is 13.0 Å². The summed E-state index contributed by atoms with van der Waals surface area (Å²) >= 11 is 0. The molecule has 2 rings (SSSR count). The molecule has 0 radical (unpaired) electrons. The molecule has 1 aromatic rings. The smallest absolute Gasteiger partial charge is 0.328 e. The van der Waals surface area contributed by atoms with E-state index in [2.05, 4.69) is 31.2 Å². The minimum atomic E-state index is -0.373. The summed E-state index contributed by atoms with van der Waals surface area (Å²) in [5.74, 6) is -0.227. The molecule has 1 heterocycles. The van der Waals surface area contributed by atoms with Crippen molar-refractivity contribution in [2.24, 2.45) is 0 Å². The lowest BCUT2D eigenvalue weighted by atomic mass is 10.1. The number of rotatable bonds is 5. The Labute approximate surface area is 126 Å². The molecule has 21 heavy (non-hydrogen) atoms. The predicted molar refractivity (Wildman–Crippen MR) is 80.9 cm³/mol. The van der Waals surface area contributed by atoms with E-state index in [4.69, 9.17) is 4.74 Å². The largest absolute Gasteiger partial charge is 0.467 e. The van der Waals surface area contributed by atoms with Crippen LogP contribution in [-0.4, -0.2) is 36.5 Å². The van der Waals surface area contributed by atoms with Crippen molar-refractivity contribution < 1.29 is 14.3 Å². The second kappa shape index (κ2) is 7.25.